The van der Waals surface area contributed by atoms with E-state index in [9.17, 15) is 4.79 Å². The molecule has 2 aromatic heterocycles. The molecule has 0 saturated carbocycles. The minimum atomic E-state index is -0.0357. The summed E-state index contributed by atoms with van der Waals surface area (Å²) >= 11 is 3.39. The zero-order chi connectivity index (χ0) is 21.1. The number of halogens is 1. The van der Waals surface area contributed by atoms with E-state index in [1.165, 1.54) is 16.8 Å². The van der Waals surface area contributed by atoms with E-state index in [1.807, 2.05) is 29.1 Å². The lowest BCUT2D eigenvalue weighted by Crippen LogP contribution is -2.25. The summed E-state index contributed by atoms with van der Waals surface area (Å²) in [7, 11) is 0. The average Bonchev–Trinajstić information content (AvgIpc) is 3.28. The van der Waals surface area contributed by atoms with Crippen molar-refractivity contribution in [3.05, 3.63) is 87.8 Å². The number of benzene rings is 2. The summed E-state index contributed by atoms with van der Waals surface area (Å²) in [6, 6.07) is 16.5. The molecule has 30 heavy (non-hydrogen) atoms. The van der Waals surface area contributed by atoms with Gasteiger partial charge in [-0.1, -0.05) is 30.3 Å². The van der Waals surface area contributed by atoms with Gasteiger partial charge in [0.25, 0.3) is 5.91 Å². The Bertz CT molecular complexity index is 1180. The van der Waals surface area contributed by atoms with E-state index in [1.54, 1.807) is 6.20 Å². The molecule has 5 nitrogen and oxygen atoms in total. The number of aromatic nitrogens is 3. The van der Waals surface area contributed by atoms with Crippen molar-refractivity contribution in [3.8, 4) is 0 Å². The molecule has 0 aliphatic heterocycles. The molecule has 0 bridgehead atoms. The maximum Gasteiger partial charge on any atom is 0.251 e. The predicted molar refractivity (Wildman–Crippen MR) is 124 cm³/mol. The smallest absolute Gasteiger partial charge is 0.251 e. The van der Waals surface area contributed by atoms with Crippen LogP contribution in [0.1, 0.15) is 33.6 Å². The third-order valence-corrected chi connectivity index (χ3v) is 5.95. The van der Waals surface area contributed by atoms with E-state index in [2.05, 4.69) is 75.1 Å². The Hall–Kier alpha value is -2.86. The van der Waals surface area contributed by atoms with Gasteiger partial charge in [-0.15, -0.1) is 0 Å². The van der Waals surface area contributed by atoms with Gasteiger partial charge in [0.2, 0.25) is 0 Å². The van der Waals surface area contributed by atoms with E-state index in [4.69, 9.17) is 0 Å². The van der Waals surface area contributed by atoms with Crippen molar-refractivity contribution in [3.63, 3.8) is 0 Å². The molecule has 2 aromatic carbocycles. The van der Waals surface area contributed by atoms with Gasteiger partial charge in [-0.05, 0) is 65.5 Å². The average molecular weight is 465 g/mol. The van der Waals surface area contributed by atoms with Crippen molar-refractivity contribution in [1.29, 1.82) is 0 Å². The van der Waals surface area contributed by atoms with E-state index in [-0.39, 0.29) is 5.91 Å². The standard InChI is InChI=1S/C24H25BrN4O/c1-17-18(2)29(15-19-7-4-3-5-8-19)23-10-9-20(13-22(17)23)24(30)26-11-6-12-28-16-21(25)14-27-28/h3-5,7-10,13-14,16H,6,11-12,15H2,1-2H3,(H,26,30). The van der Waals surface area contributed by atoms with Gasteiger partial charge in [0.15, 0.2) is 0 Å². The summed E-state index contributed by atoms with van der Waals surface area (Å²) in [6.07, 6.45) is 4.52. The molecule has 154 valence electrons. The van der Waals surface area contributed by atoms with Crippen LogP contribution >= 0.6 is 15.9 Å². The fraction of sp³-hybridized carbons (Fsp3) is 0.250. The lowest BCUT2D eigenvalue weighted by Gasteiger charge is -2.09. The second-order valence-electron chi connectivity index (χ2n) is 7.55. The van der Waals surface area contributed by atoms with Gasteiger partial charge in [0, 0.05) is 48.0 Å². The van der Waals surface area contributed by atoms with Crippen molar-refractivity contribution in [2.24, 2.45) is 0 Å². The summed E-state index contributed by atoms with van der Waals surface area (Å²) in [4.78, 5) is 12.7. The van der Waals surface area contributed by atoms with Gasteiger partial charge in [-0.25, -0.2) is 0 Å². The maximum absolute atomic E-state index is 12.7. The maximum atomic E-state index is 12.7. The molecule has 1 amide bonds. The van der Waals surface area contributed by atoms with Crippen LogP contribution in [-0.4, -0.2) is 26.8 Å². The quantitative estimate of drug-likeness (QED) is 0.387. The molecule has 2 heterocycles. The predicted octanol–water partition coefficient (Wildman–Crippen LogP) is 5.09. The Labute approximate surface area is 184 Å². The molecule has 0 atom stereocenters. The number of hydrogen-bond acceptors (Lipinski definition) is 2. The number of aryl methyl sites for hydroxylation is 2. The number of fused-ring (bicyclic) bond motifs is 1. The van der Waals surface area contributed by atoms with Crippen LogP contribution in [0.4, 0.5) is 0 Å². The van der Waals surface area contributed by atoms with Crippen LogP contribution in [0.15, 0.2) is 65.4 Å². The number of amides is 1. The van der Waals surface area contributed by atoms with Crippen molar-refractivity contribution >= 4 is 32.7 Å². The summed E-state index contributed by atoms with van der Waals surface area (Å²) in [5.41, 5.74) is 5.58. The Kier molecular flexibility index (Phi) is 6.04. The van der Waals surface area contributed by atoms with Gasteiger partial charge >= 0.3 is 0 Å². The van der Waals surface area contributed by atoms with Gasteiger partial charge in [-0.3, -0.25) is 9.48 Å². The van der Waals surface area contributed by atoms with Gasteiger partial charge in [-0.2, -0.15) is 5.10 Å². The first-order valence-corrected chi connectivity index (χ1v) is 10.9. The van der Waals surface area contributed by atoms with Crippen molar-refractivity contribution in [2.45, 2.75) is 33.4 Å². The first-order valence-electron chi connectivity index (χ1n) is 10.1. The minimum Gasteiger partial charge on any atom is -0.352 e. The number of hydrogen-bond donors (Lipinski definition) is 1. The highest BCUT2D eigenvalue weighted by atomic mass is 79.9. The summed E-state index contributed by atoms with van der Waals surface area (Å²) in [5, 5.41) is 8.39. The summed E-state index contributed by atoms with van der Waals surface area (Å²) in [5.74, 6) is -0.0357. The fourth-order valence-electron chi connectivity index (χ4n) is 3.77. The van der Waals surface area contributed by atoms with Gasteiger partial charge in [0.05, 0.1) is 10.7 Å². The van der Waals surface area contributed by atoms with Crippen molar-refractivity contribution < 1.29 is 4.79 Å². The molecular formula is C24H25BrN4O. The monoisotopic (exact) mass is 464 g/mol. The molecule has 0 aliphatic rings. The van der Waals surface area contributed by atoms with Crippen LogP contribution in [0.3, 0.4) is 0 Å². The highest BCUT2D eigenvalue weighted by Crippen LogP contribution is 2.27. The number of rotatable bonds is 7. The Balaban J connectivity index is 1.46. The van der Waals surface area contributed by atoms with Gasteiger partial charge in [0.1, 0.15) is 0 Å². The lowest BCUT2D eigenvalue weighted by molar-refractivity contribution is 0.0952. The Morgan fingerprint density at radius 2 is 1.93 bits per heavy atom. The van der Waals surface area contributed by atoms with Crippen molar-refractivity contribution in [2.75, 3.05) is 6.54 Å². The van der Waals surface area contributed by atoms with E-state index in [0.29, 0.717) is 12.1 Å². The first-order chi connectivity index (χ1) is 14.5. The topological polar surface area (TPSA) is 51.9 Å². The third-order valence-electron chi connectivity index (χ3n) is 5.54. The highest BCUT2D eigenvalue weighted by molar-refractivity contribution is 9.10. The summed E-state index contributed by atoms with van der Waals surface area (Å²) in [6.45, 7) is 6.48. The van der Waals surface area contributed by atoms with Crippen LogP contribution in [0, 0.1) is 13.8 Å². The van der Waals surface area contributed by atoms with Crippen LogP contribution in [0.2, 0.25) is 0 Å². The van der Waals surface area contributed by atoms with Crippen LogP contribution < -0.4 is 5.32 Å². The number of nitrogens with zero attached hydrogens (tertiary/aromatic N) is 3. The molecule has 4 rings (SSSR count). The Morgan fingerprint density at radius 3 is 2.67 bits per heavy atom. The second kappa shape index (κ2) is 8.88. The molecule has 6 heteroatoms. The third kappa shape index (κ3) is 4.33. The van der Waals surface area contributed by atoms with Crippen LogP contribution in [0.25, 0.3) is 10.9 Å². The fourth-order valence-corrected chi connectivity index (χ4v) is 4.09. The molecule has 0 fully saturated rings. The molecule has 0 radical (unpaired) electrons. The number of carbonyl (C=O) groups excluding carboxylic acids is 1. The minimum absolute atomic E-state index is 0.0357. The SMILES string of the molecule is Cc1c(C)n(Cc2ccccc2)c2ccc(C(=O)NCCCn3cc(Br)cn3)cc12. The highest BCUT2D eigenvalue weighted by Gasteiger charge is 2.14. The van der Waals surface area contributed by atoms with Crippen LogP contribution in [0.5, 0.6) is 0 Å². The van der Waals surface area contributed by atoms with Crippen LogP contribution in [-0.2, 0) is 13.1 Å². The van der Waals surface area contributed by atoms with E-state index >= 15 is 0 Å². The normalized spacial score (nSPS) is 11.2. The second-order valence-corrected chi connectivity index (χ2v) is 8.46. The Morgan fingerprint density at radius 1 is 1.13 bits per heavy atom. The zero-order valence-corrected chi connectivity index (χ0v) is 18.8. The zero-order valence-electron chi connectivity index (χ0n) is 17.2. The van der Waals surface area contributed by atoms with Crippen molar-refractivity contribution in [1.82, 2.24) is 19.7 Å². The molecule has 1 N–H and O–H groups in total. The largest absolute Gasteiger partial charge is 0.352 e. The number of carbonyl (C=O) groups is 1. The molecule has 0 spiro atoms. The number of nitrogens with one attached hydrogen (secondary N) is 1. The van der Waals surface area contributed by atoms with Gasteiger partial charge < -0.3 is 9.88 Å². The molecule has 0 aliphatic carbocycles. The summed E-state index contributed by atoms with van der Waals surface area (Å²) < 4.78 is 5.15. The molecule has 0 unspecified atom stereocenters. The molecule has 0 saturated heterocycles. The molecule has 4 aromatic rings. The first kappa shape index (κ1) is 20.4. The van der Waals surface area contributed by atoms with E-state index in [0.717, 1.165) is 34.9 Å². The molecular weight excluding hydrogens is 440 g/mol. The van der Waals surface area contributed by atoms with E-state index < -0.39 is 0 Å². The lowest BCUT2D eigenvalue weighted by atomic mass is 10.1.